The lowest BCUT2D eigenvalue weighted by Crippen LogP contribution is -2.42. The highest BCUT2D eigenvalue weighted by atomic mass is 19.1. The maximum absolute atomic E-state index is 14.5. The lowest BCUT2D eigenvalue weighted by Gasteiger charge is -2.39. The average molecular weight is 444 g/mol. The zero-order chi connectivity index (χ0) is 22.4. The number of halogens is 1. The molecule has 5 heterocycles. The summed E-state index contributed by atoms with van der Waals surface area (Å²) in [6, 6.07) is 10.9. The van der Waals surface area contributed by atoms with Gasteiger partial charge >= 0.3 is 0 Å². The molecule has 1 aromatic carbocycles. The van der Waals surface area contributed by atoms with Crippen LogP contribution in [0.1, 0.15) is 23.1 Å². The number of nitrogens with zero attached hydrogens (tertiary/aromatic N) is 3. The molecule has 3 aliphatic heterocycles. The van der Waals surface area contributed by atoms with Gasteiger partial charge in [0.1, 0.15) is 23.7 Å². The van der Waals surface area contributed by atoms with Gasteiger partial charge in [0.25, 0.3) is 0 Å². The van der Waals surface area contributed by atoms with Crippen LogP contribution in [0, 0.1) is 5.95 Å². The van der Waals surface area contributed by atoms with Crippen LogP contribution in [0.4, 0.5) is 4.39 Å². The van der Waals surface area contributed by atoms with E-state index < -0.39 is 11.5 Å². The van der Waals surface area contributed by atoms with E-state index in [1.165, 1.54) is 6.20 Å². The second kappa shape index (κ2) is 7.75. The van der Waals surface area contributed by atoms with Crippen LogP contribution >= 0.6 is 0 Å². The zero-order valence-electron chi connectivity index (χ0n) is 17.8. The van der Waals surface area contributed by atoms with E-state index in [1.807, 2.05) is 12.1 Å². The van der Waals surface area contributed by atoms with Gasteiger partial charge < -0.3 is 19.9 Å². The van der Waals surface area contributed by atoms with Gasteiger partial charge in [-0.25, -0.2) is 9.97 Å². The first-order chi connectivity index (χ1) is 16.1. The van der Waals surface area contributed by atoms with Gasteiger partial charge in [0.2, 0.25) is 11.8 Å². The van der Waals surface area contributed by atoms with Crippen molar-refractivity contribution in [2.45, 2.75) is 12.0 Å². The lowest BCUT2D eigenvalue weighted by molar-refractivity contribution is 0.109. The molecule has 0 amide bonds. The van der Waals surface area contributed by atoms with E-state index in [-0.39, 0.29) is 13.2 Å². The molecule has 0 unspecified atom stereocenters. The second-order valence-electron chi connectivity index (χ2n) is 8.26. The molecule has 0 fully saturated rings. The van der Waals surface area contributed by atoms with Crippen LogP contribution in [0.25, 0.3) is 16.7 Å². The number of hydrogen-bond donors (Lipinski definition) is 1. The van der Waals surface area contributed by atoms with E-state index in [9.17, 15) is 4.39 Å². The van der Waals surface area contributed by atoms with Crippen molar-refractivity contribution in [1.29, 1.82) is 0 Å². The number of benzene rings is 1. The fraction of sp³-hybridized carbons (Fsp3) is 0.240. The molecule has 0 aliphatic carbocycles. The quantitative estimate of drug-likeness (QED) is 0.604. The Bertz CT molecular complexity index is 1320. The molecular weight excluding hydrogens is 423 g/mol. The molecule has 2 aromatic heterocycles. The van der Waals surface area contributed by atoms with Crippen molar-refractivity contribution in [3.8, 4) is 22.8 Å². The maximum atomic E-state index is 14.5. The van der Waals surface area contributed by atoms with Crippen LogP contribution in [-0.4, -0.2) is 42.2 Å². The largest absolute Gasteiger partial charge is 0.438 e. The van der Waals surface area contributed by atoms with Crippen molar-refractivity contribution in [2.24, 2.45) is 10.7 Å². The third kappa shape index (κ3) is 3.30. The second-order valence-corrected chi connectivity index (χ2v) is 8.26. The molecule has 166 valence electrons. The molecular formula is C25H21FN4O3. The number of rotatable bonds is 2. The first kappa shape index (κ1) is 20.0. The molecule has 1 atom stereocenters. The summed E-state index contributed by atoms with van der Waals surface area (Å²) in [6.07, 6.45) is 6.23. The van der Waals surface area contributed by atoms with Crippen molar-refractivity contribution in [3.63, 3.8) is 0 Å². The van der Waals surface area contributed by atoms with Gasteiger partial charge in [0.05, 0.1) is 19.8 Å². The molecule has 1 spiro atoms. The third-order valence-electron chi connectivity index (χ3n) is 6.18. The standard InChI is InChI=1S/C25H21FN4O3/c26-23-18(4-1-7-28-23)15-5-6-21-19(9-15)25(14-32-13-22(27)30-25)20-10-17(11-29-24(20)33-21)16-3-2-8-31-12-16/h1,3-7,9-11H,2,8,12-14H2,(H2,27,30)/t25-/m0/s1. The predicted molar refractivity (Wildman–Crippen MR) is 121 cm³/mol. The zero-order valence-corrected chi connectivity index (χ0v) is 17.8. The summed E-state index contributed by atoms with van der Waals surface area (Å²) in [5.74, 6) is 0.868. The number of aromatic nitrogens is 2. The minimum atomic E-state index is -0.959. The Hall–Kier alpha value is -3.62. The molecule has 0 bridgehead atoms. The molecule has 2 N–H and O–H groups in total. The summed E-state index contributed by atoms with van der Waals surface area (Å²) in [6.45, 7) is 1.74. The summed E-state index contributed by atoms with van der Waals surface area (Å²) in [4.78, 5) is 13.3. The molecule has 8 heteroatoms. The first-order valence-electron chi connectivity index (χ1n) is 10.8. The van der Waals surface area contributed by atoms with Crippen molar-refractivity contribution in [3.05, 3.63) is 77.5 Å². The summed E-state index contributed by atoms with van der Waals surface area (Å²) in [5, 5.41) is 0. The molecule has 0 saturated heterocycles. The number of hydrogen-bond acceptors (Lipinski definition) is 7. The molecule has 33 heavy (non-hydrogen) atoms. The van der Waals surface area contributed by atoms with Gasteiger partial charge in [-0.3, -0.25) is 4.99 Å². The normalized spacial score (nSPS) is 21.5. The molecule has 0 saturated carbocycles. The van der Waals surface area contributed by atoms with Gasteiger partial charge in [-0.15, -0.1) is 0 Å². The number of aliphatic imine (C=N–C) groups is 1. The number of nitrogens with two attached hydrogens (primary N) is 1. The number of ether oxygens (including phenoxy) is 3. The van der Waals surface area contributed by atoms with E-state index in [0.717, 1.165) is 28.7 Å². The van der Waals surface area contributed by atoms with E-state index in [0.29, 0.717) is 41.8 Å². The fourth-order valence-electron chi connectivity index (χ4n) is 4.61. The van der Waals surface area contributed by atoms with Gasteiger partial charge in [0, 0.05) is 29.1 Å². The van der Waals surface area contributed by atoms with Crippen molar-refractivity contribution >= 4 is 11.4 Å². The Morgan fingerprint density at radius 2 is 1.91 bits per heavy atom. The molecule has 3 aliphatic rings. The van der Waals surface area contributed by atoms with Gasteiger partial charge in [-0.05, 0) is 53.5 Å². The molecule has 0 radical (unpaired) electrons. The monoisotopic (exact) mass is 444 g/mol. The summed E-state index contributed by atoms with van der Waals surface area (Å²) in [5.41, 5.74) is 9.77. The van der Waals surface area contributed by atoms with Crippen LogP contribution in [0.2, 0.25) is 0 Å². The van der Waals surface area contributed by atoms with Crippen molar-refractivity contribution in [2.75, 3.05) is 26.4 Å². The first-order valence-corrected chi connectivity index (χ1v) is 10.8. The minimum absolute atomic E-state index is 0.246. The highest BCUT2D eigenvalue weighted by molar-refractivity contribution is 5.84. The average Bonchev–Trinajstić information content (AvgIpc) is 2.85. The predicted octanol–water partition coefficient (Wildman–Crippen LogP) is 3.82. The minimum Gasteiger partial charge on any atom is -0.438 e. The summed E-state index contributed by atoms with van der Waals surface area (Å²) < 4.78 is 32.1. The van der Waals surface area contributed by atoms with E-state index >= 15 is 0 Å². The topological polar surface area (TPSA) is 91.9 Å². The Morgan fingerprint density at radius 1 is 1.00 bits per heavy atom. The van der Waals surface area contributed by atoms with Crippen LogP contribution in [0.15, 0.2) is 59.9 Å². The number of fused-ring (bicyclic) bond motifs is 4. The highest BCUT2D eigenvalue weighted by Crippen LogP contribution is 2.50. The Labute approximate surface area is 189 Å². The van der Waals surface area contributed by atoms with Crippen LogP contribution in [0.3, 0.4) is 0 Å². The SMILES string of the molecule is NC1=N[C@@]2(COC1)c1cc(-c3cccnc3F)ccc1Oc1ncc(C3=CCCOC3)cc12. The highest BCUT2D eigenvalue weighted by Gasteiger charge is 2.46. The van der Waals surface area contributed by atoms with Gasteiger partial charge in [-0.1, -0.05) is 12.1 Å². The van der Waals surface area contributed by atoms with E-state index in [1.54, 1.807) is 30.5 Å². The van der Waals surface area contributed by atoms with Crippen LogP contribution < -0.4 is 10.5 Å². The summed E-state index contributed by atoms with van der Waals surface area (Å²) >= 11 is 0. The molecule has 7 nitrogen and oxygen atoms in total. The van der Waals surface area contributed by atoms with Crippen LogP contribution in [0.5, 0.6) is 11.6 Å². The molecule has 3 aromatic rings. The van der Waals surface area contributed by atoms with Gasteiger partial charge in [-0.2, -0.15) is 4.39 Å². The number of pyridine rings is 2. The molecule has 6 rings (SSSR count). The van der Waals surface area contributed by atoms with Gasteiger partial charge in [0.15, 0.2) is 0 Å². The Balaban J connectivity index is 1.56. The van der Waals surface area contributed by atoms with Crippen molar-refractivity contribution in [1.82, 2.24) is 9.97 Å². The smallest absolute Gasteiger partial charge is 0.225 e. The number of amidine groups is 1. The van der Waals surface area contributed by atoms with Crippen molar-refractivity contribution < 1.29 is 18.6 Å². The lowest BCUT2D eigenvalue weighted by atomic mass is 9.79. The Morgan fingerprint density at radius 3 is 2.73 bits per heavy atom. The fourth-order valence-corrected chi connectivity index (χ4v) is 4.61. The maximum Gasteiger partial charge on any atom is 0.225 e. The van der Waals surface area contributed by atoms with E-state index in [2.05, 4.69) is 16.0 Å². The van der Waals surface area contributed by atoms with Crippen LogP contribution in [-0.2, 0) is 15.0 Å². The Kier molecular flexibility index (Phi) is 4.70. The van der Waals surface area contributed by atoms with E-state index in [4.69, 9.17) is 24.9 Å². The third-order valence-corrected chi connectivity index (χ3v) is 6.18. The summed E-state index contributed by atoms with van der Waals surface area (Å²) in [7, 11) is 0.